The Kier molecular flexibility index (Phi) is 8.01. The first-order valence-corrected chi connectivity index (χ1v) is 23.9. The molecular formula is C65H48N2O. The quantitative estimate of drug-likeness (QED) is 0.171. The highest BCUT2D eigenvalue weighted by Gasteiger charge is 2.51. The molecule has 0 fully saturated rings. The topological polar surface area (TPSA) is 17.4 Å². The Balaban J connectivity index is 0.928. The van der Waals surface area contributed by atoms with Crippen molar-refractivity contribution in [3.8, 4) is 44.9 Å². The van der Waals surface area contributed by atoms with Gasteiger partial charge in [-0.05, 0) is 122 Å². The van der Waals surface area contributed by atoms with E-state index in [2.05, 4.69) is 256 Å². The van der Waals surface area contributed by atoms with Gasteiger partial charge >= 0.3 is 0 Å². The fourth-order valence-electron chi connectivity index (χ4n) is 12.9. The van der Waals surface area contributed by atoms with E-state index in [1.165, 1.54) is 83.1 Å². The molecule has 2 aliphatic carbocycles. The van der Waals surface area contributed by atoms with Crippen molar-refractivity contribution in [2.75, 3.05) is 4.90 Å². The maximum Gasteiger partial charge on any atom is 0.132 e. The van der Waals surface area contributed by atoms with Crippen molar-refractivity contribution < 1.29 is 4.74 Å². The third-order valence-corrected chi connectivity index (χ3v) is 15.7. The standard InChI is InChI=1S/C65H48N2O/c1-63(2)38-37-58-62(63)64(3,4)55-22-14-18-50-51-39-44(29-36-57(51)67(58)61(50)55)43-27-32-46(33-28-43)66(45-30-25-42(26-31-45)41-15-6-5-7-16-41)47-34-35-49-48-17-8-9-19-52(48)65(56(49)40-47)53-20-10-12-23-59(53)68-60-24-13-11-21-54(60)65/h5-40H,1-4H3. The van der Waals surface area contributed by atoms with Crippen LogP contribution in [0.25, 0.3) is 60.9 Å². The minimum Gasteiger partial charge on any atom is -0.457 e. The molecule has 68 heavy (non-hydrogen) atoms. The first-order chi connectivity index (χ1) is 33.2. The van der Waals surface area contributed by atoms with Gasteiger partial charge in [0, 0.05) is 55.5 Å². The molecule has 1 spiro atoms. The molecule has 3 nitrogen and oxygen atoms in total. The summed E-state index contributed by atoms with van der Waals surface area (Å²) in [6.07, 6.45) is 4.75. The number of nitrogens with zero attached hydrogens (tertiary/aromatic N) is 2. The second-order valence-electron chi connectivity index (χ2n) is 20.1. The average molecular weight is 873 g/mol. The second-order valence-corrected chi connectivity index (χ2v) is 20.1. The van der Waals surface area contributed by atoms with E-state index in [0.717, 1.165) is 39.7 Å². The van der Waals surface area contributed by atoms with Gasteiger partial charge in [-0.3, -0.25) is 0 Å². The van der Waals surface area contributed by atoms with Crippen molar-refractivity contribution >= 4 is 44.6 Å². The highest BCUT2D eigenvalue weighted by atomic mass is 16.5. The van der Waals surface area contributed by atoms with E-state index in [4.69, 9.17) is 4.74 Å². The SMILES string of the molecule is CC1(C)C=CC2=C1C(C)(C)c1cccc3c4cc(-c5ccc(N(c6ccc(-c7ccccc7)cc6)c6ccc7c(c6)C6(c8ccccc8Oc8ccccc86)c6ccccc6-7)cc5)ccc4n2c13. The molecule has 3 heterocycles. The molecule has 0 radical (unpaired) electrons. The lowest BCUT2D eigenvalue weighted by Crippen LogP contribution is -2.32. The minimum absolute atomic E-state index is 0.0112. The van der Waals surface area contributed by atoms with Gasteiger partial charge in [-0.25, -0.2) is 0 Å². The van der Waals surface area contributed by atoms with Gasteiger partial charge in [0.15, 0.2) is 0 Å². The van der Waals surface area contributed by atoms with Crippen LogP contribution in [0.5, 0.6) is 11.5 Å². The predicted octanol–water partition coefficient (Wildman–Crippen LogP) is 17.2. The molecule has 14 rings (SSSR count). The molecule has 3 heteroatoms. The maximum absolute atomic E-state index is 6.68. The molecule has 1 aromatic heterocycles. The van der Waals surface area contributed by atoms with Crippen LogP contribution < -0.4 is 9.64 Å². The van der Waals surface area contributed by atoms with Gasteiger partial charge in [0.05, 0.1) is 16.4 Å². The smallest absolute Gasteiger partial charge is 0.132 e. The Bertz CT molecular complexity index is 3760. The Labute approximate surface area is 397 Å². The van der Waals surface area contributed by atoms with Crippen LogP contribution >= 0.6 is 0 Å². The first-order valence-electron chi connectivity index (χ1n) is 23.9. The van der Waals surface area contributed by atoms with E-state index >= 15 is 0 Å². The van der Waals surface area contributed by atoms with Gasteiger partial charge in [0.25, 0.3) is 0 Å². The second kappa shape index (κ2) is 13.9. The van der Waals surface area contributed by atoms with E-state index < -0.39 is 5.41 Å². The van der Waals surface area contributed by atoms with Crippen LogP contribution in [0, 0.1) is 5.41 Å². The molecule has 4 aliphatic rings. The Morgan fingerprint density at radius 3 is 1.69 bits per heavy atom. The molecule has 0 atom stereocenters. The summed E-state index contributed by atoms with van der Waals surface area (Å²) in [7, 11) is 0. The molecule has 324 valence electrons. The van der Waals surface area contributed by atoms with Crippen LogP contribution in [0.3, 0.4) is 0 Å². The minimum atomic E-state index is -0.569. The molecule has 0 N–H and O–H groups in total. The van der Waals surface area contributed by atoms with Gasteiger partial charge in [-0.15, -0.1) is 0 Å². The summed E-state index contributed by atoms with van der Waals surface area (Å²) in [6, 6.07) is 76.1. The van der Waals surface area contributed by atoms with Crippen molar-refractivity contribution in [2.45, 2.75) is 38.5 Å². The summed E-state index contributed by atoms with van der Waals surface area (Å²) in [5, 5.41) is 2.60. The summed E-state index contributed by atoms with van der Waals surface area (Å²) < 4.78 is 9.22. The Hall–Kier alpha value is -8.14. The van der Waals surface area contributed by atoms with Crippen molar-refractivity contribution in [2.24, 2.45) is 5.41 Å². The molecular weight excluding hydrogens is 825 g/mol. The van der Waals surface area contributed by atoms with E-state index in [0.29, 0.717) is 0 Å². The van der Waals surface area contributed by atoms with Crippen molar-refractivity contribution in [3.05, 3.63) is 252 Å². The predicted molar refractivity (Wildman–Crippen MR) is 282 cm³/mol. The summed E-state index contributed by atoms with van der Waals surface area (Å²) in [4.78, 5) is 2.42. The van der Waals surface area contributed by atoms with Gasteiger partial charge in [-0.1, -0.05) is 179 Å². The number of hydrogen-bond donors (Lipinski definition) is 0. The number of fused-ring (bicyclic) bond motifs is 13. The van der Waals surface area contributed by atoms with Crippen LogP contribution in [0.2, 0.25) is 0 Å². The molecule has 9 aromatic carbocycles. The van der Waals surface area contributed by atoms with Crippen molar-refractivity contribution in [1.82, 2.24) is 4.57 Å². The highest BCUT2D eigenvalue weighted by molar-refractivity contribution is 6.14. The number of allylic oxidation sites excluding steroid dienone is 4. The third-order valence-electron chi connectivity index (χ3n) is 15.7. The van der Waals surface area contributed by atoms with Gasteiger partial charge in [-0.2, -0.15) is 0 Å². The van der Waals surface area contributed by atoms with Gasteiger partial charge in [0.1, 0.15) is 11.5 Å². The summed E-state index contributed by atoms with van der Waals surface area (Å²) in [5.74, 6) is 1.79. The van der Waals surface area contributed by atoms with Crippen LogP contribution in [0.1, 0.15) is 55.5 Å². The molecule has 0 bridgehead atoms. The number of para-hydroxylation sites is 3. The average Bonchev–Trinajstić information content (AvgIpc) is 3.99. The van der Waals surface area contributed by atoms with E-state index in [1.54, 1.807) is 0 Å². The largest absolute Gasteiger partial charge is 0.457 e. The third kappa shape index (κ3) is 5.24. The van der Waals surface area contributed by atoms with Crippen LogP contribution in [-0.2, 0) is 10.8 Å². The summed E-state index contributed by atoms with van der Waals surface area (Å²) in [6.45, 7) is 9.53. The fraction of sp³-hybridized carbons (Fsp3) is 0.108. The van der Waals surface area contributed by atoms with E-state index in [-0.39, 0.29) is 10.8 Å². The van der Waals surface area contributed by atoms with E-state index in [9.17, 15) is 0 Å². The summed E-state index contributed by atoms with van der Waals surface area (Å²) >= 11 is 0. The number of hydrogen-bond acceptors (Lipinski definition) is 2. The number of aromatic nitrogens is 1. The summed E-state index contributed by atoms with van der Waals surface area (Å²) in [5.41, 5.74) is 21.6. The zero-order chi connectivity index (χ0) is 45.5. The fourth-order valence-corrected chi connectivity index (χ4v) is 12.9. The highest BCUT2D eigenvalue weighted by Crippen LogP contribution is 2.63. The zero-order valence-electron chi connectivity index (χ0n) is 38.6. The van der Waals surface area contributed by atoms with Crippen LogP contribution in [0.15, 0.2) is 224 Å². The number of ether oxygens (including phenoxy) is 1. The molecule has 0 amide bonds. The molecule has 2 aliphatic heterocycles. The maximum atomic E-state index is 6.68. The molecule has 10 aromatic rings. The lowest BCUT2D eigenvalue weighted by molar-refractivity contribution is 0.436. The van der Waals surface area contributed by atoms with Crippen molar-refractivity contribution in [1.29, 1.82) is 0 Å². The molecule has 0 saturated carbocycles. The number of benzene rings is 9. The van der Waals surface area contributed by atoms with E-state index in [1.807, 2.05) is 0 Å². The number of anilines is 3. The zero-order valence-corrected chi connectivity index (χ0v) is 38.6. The molecule has 0 unspecified atom stereocenters. The first kappa shape index (κ1) is 39.1. The van der Waals surface area contributed by atoms with Crippen LogP contribution in [-0.4, -0.2) is 4.57 Å². The normalized spacial score (nSPS) is 16.0. The monoisotopic (exact) mass is 872 g/mol. The lowest BCUT2D eigenvalue weighted by atomic mass is 9.66. The van der Waals surface area contributed by atoms with Gasteiger partial charge < -0.3 is 14.2 Å². The van der Waals surface area contributed by atoms with Gasteiger partial charge in [0.2, 0.25) is 0 Å². The number of rotatable bonds is 5. The van der Waals surface area contributed by atoms with Crippen LogP contribution in [0.4, 0.5) is 17.1 Å². The Morgan fingerprint density at radius 1 is 0.426 bits per heavy atom. The lowest BCUT2D eigenvalue weighted by Gasteiger charge is -2.40. The van der Waals surface area contributed by atoms with Crippen molar-refractivity contribution in [3.63, 3.8) is 0 Å². The molecule has 0 saturated heterocycles. The Morgan fingerprint density at radius 2 is 0.985 bits per heavy atom.